The number of carbonyl (C=O) groups is 1. The fourth-order valence-corrected chi connectivity index (χ4v) is 3.09. The van der Waals surface area contributed by atoms with Gasteiger partial charge in [0.05, 0.1) is 18.4 Å². The molecule has 0 fully saturated rings. The zero-order valence-corrected chi connectivity index (χ0v) is 12.8. The number of benzene rings is 2. The molecule has 0 bridgehead atoms. The molecule has 0 radical (unpaired) electrons. The van der Waals surface area contributed by atoms with Crippen LogP contribution < -0.4 is 4.90 Å². The molecule has 1 aromatic heterocycles. The van der Waals surface area contributed by atoms with Crippen LogP contribution in [0.4, 0.5) is 5.69 Å². The number of hydrogen-bond donors (Lipinski definition) is 0. The molecule has 1 aliphatic rings. The third-order valence-corrected chi connectivity index (χ3v) is 4.21. The summed E-state index contributed by atoms with van der Waals surface area (Å²) in [5.74, 6) is -0.0706. The van der Waals surface area contributed by atoms with Crippen molar-refractivity contribution in [1.82, 2.24) is 15.0 Å². The first-order chi connectivity index (χ1) is 11.3. The highest BCUT2D eigenvalue weighted by Gasteiger charge is 2.28. The number of carbonyl (C=O) groups excluding carboxylic acids is 1. The summed E-state index contributed by atoms with van der Waals surface area (Å²) in [6, 6.07) is 16.2. The van der Waals surface area contributed by atoms with Gasteiger partial charge in [-0.3, -0.25) is 4.79 Å². The molecular weight excluding hydrogens is 288 g/mol. The van der Waals surface area contributed by atoms with E-state index < -0.39 is 0 Å². The van der Waals surface area contributed by atoms with Gasteiger partial charge in [0.1, 0.15) is 5.69 Å². The predicted molar refractivity (Wildman–Crippen MR) is 88.1 cm³/mol. The number of rotatable bonds is 2. The van der Waals surface area contributed by atoms with Crippen molar-refractivity contribution in [3.05, 3.63) is 66.0 Å². The number of aromatic nitrogens is 3. The number of anilines is 1. The van der Waals surface area contributed by atoms with E-state index in [1.54, 1.807) is 4.68 Å². The lowest BCUT2D eigenvalue weighted by Crippen LogP contribution is -2.34. The highest BCUT2D eigenvalue weighted by molar-refractivity contribution is 6.08. The smallest absolute Gasteiger partial charge is 0.278 e. The molecule has 5 nitrogen and oxygen atoms in total. The van der Waals surface area contributed by atoms with E-state index in [1.165, 1.54) is 11.8 Å². The largest absolute Gasteiger partial charge is 0.302 e. The summed E-state index contributed by atoms with van der Waals surface area (Å²) >= 11 is 0. The van der Waals surface area contributed by atoms with Gasteiger partial charge in [-0.1, -0.05) is 47.7 Å². The summed E-state index contributed by atoms with van der Waals surface area (Å²) in [6.45, 7) is 3.12. The molecule has 0 saturated heterocycles. The monoisotopic (exact) mass is 304 g/mol. The van der Waals surface area contributed by atoms with Gasteiger partial charge in [0.15, 0.2) is 0 Å². The number of amides is 1. The minimum Gasteiger partial charge on any atom is -0.302 e. The molecule has 0 unspecified atom stereocenters. The molecule has 0 spiro atoms. The molecule has 5 heteroatoms. The molecule has 4 rings (SSSR count). The van der Waals surface area contributed by atoms with Crippen LogP contribution >= 0.6 is 0 Å². The maximum absolute atomic E-state index is 13.0. The summed E-state index contributed by atoms with van der Waals surface area (Å²) in [6.07, 6.45) is 1.54. The topological polar surface area (TPSA) is 51.0 Å². The molecule has 2 aromatic carbocycles. The Labute approximate surface area is 134 Å². The minimum absolute atomic E-state index is 0.0706. The first-order valence-corrected chi connectivity index (χ1v) is 7.67. The van der Waals surface area contributed by atoms with E-state index in [0.717, 1.165) is 16.8 Å². The van der Waals surface area contributed by atoms with Crippen LogP contribution in [0.25, 0.3) is 11.1 Å². The van der Waals surface area contributed by atoms with Gasteiger partial charge in [-0.25, -0.2) is 4.68 Å². The van der Waals surface area contributed by atoms with Gasteiger partial charge < -0.3 is 4.90 Å². The van der Waals surface area contributed by atoms with Crippen LogP contribution in [0.5, 0.6) is 0 Å². The van der Waals surface area contributed by atoms with Crippen LogP contribution in [-0.2, 0) is 13.1 Å². The highest BCUT2D eigenvalue weighted by Crippen LogP contribution is 2.39. The summed E-state index contributed by atoms with van der Waals surface area (Å²) in [4.78, 5) is 14.8. The van der Waals surface area contributed by atoms with Crippen LogP contribution in [-0.4, -0.2) is 20.9 Å². The van der Waals surface area contributed by atoms with Crippen LogP contribution in [0.15, 0.2) is 54.7 Å². The van der Waals surface area contributed by atoms with Crippen molar-refractivity contribution in [1.29, 1.82) is 0 Å². The Kier molecular flexibility index (Phi) is 3.19. The van der Waals surface area contributed by atoms with Crippen molar-refractivity contribution in [3.63, 3.8) is 0 Å². The number of para-hydroxylation sites is 1. The van der Waals surface area contributed by atoms with E-state index in [2.05, 4.69) is 28.5 Å². The van der Waals surface area contributed by atoms with E-state index in [1.807, 2.05) is 42.2 Å². The molecule has 1 aliphatic heterocycles. The lowest BCUT2D eigenvalue weighted by Gasteiger charge is -2.31. The maximum Gasteiger partial charge on any atom is 0.278 e. The number of nitrogens with zero attached hydrogens (tertiary/aromatic N) is 4. The fourth-order valence-electron chi connectivity index (χ4n) is 3.09. The molecule has 0 aliphatic carbocycles. The number of fused-ring (bicyclic) bond motifs is 3. The second-order valence-electron chi connectivity index (χ2n) is 5.50. The molecule has 23 heavy (non-hydrogen) atoms. The Hall–Kier alpha value is -2.95. The zero-order valence-electron chi connectivity index (χ0n) is 12.8. The molecule has 0 N–H and O–H groups in total. The van der Waals surface area contributed by atoms with Gasteiger partial charge in [0.25, 0.3) is 5.91 Å². The summed E-state index contributed by atoms with van der Waals surface area (Å²) < 4.78 is 1.63. The third kappa shape index (κ3) is 2.12. The summed E-state index contributed by atoms with van der Waals surface area (Å²) in [5, 5.41) is 7.84. The molecule has 0 atom stereocenters. The number of hydrogen-bond acceptors (Lipinski definition) is 3. The fraction of sp³-hybridized carbons (Fsp3) is 0.167. The van der Waals surface area contributed by atoms with Gasteiger partial charge >= 0.3 is 0 Å². The molecule has 1 amide bonds. The Morgan fingerprint density at radius 1 is 1.09 bits per heavy atom. The van der Waals surface area contributed by atoms with Crippen molar-refractivity contribution in [3.8, 4) is 11.1 Å². The van der Waals surface area contributed by atoms with Crippen LogP contribution in [0.2, 0.25) is 0 Å². The third-order valence-electron chi connectivity index (χ3n) is 4.21. The van der Waals surface area contributed by atoms with Gasteiger partial charge in [-0.2, -0.15) is 0 Å². The van der Waals surface area contributed by atoms with E-state index in [9.17, 15) is 4.79 Å². The second-order valence-corrected chi connectivity index (χ2v) is 5.50. The van der Waals surface area contributed by atoms with Gasteiger partial charge in [-0.15, -0.1) is 5.10 Å². The van der Waals surface area contributed by atoms with Gasteiger partial charge in [0.2, 0.25) is 0 Å². The quantitative estimate of drug-likeness (QED) is 0.731. The van der Waals surface area contributed by atoms with Crippen LogP contribution in [0, 0.1) is 0 Å². The SMILES string of the molecule is CCn1nncc1C(=O)N1Cc2ccccc2-c2ccccc21. The van der Waals surface area contributed by atoms with Crippen molar-refractivity contribution < 1.29 is 4.79 Å². The van der Waals surface area contributed by atoms with Crippen molar-refractivity contribution in [2.24, 2.45) is 0 Å². The van der Waals surface area contributed by atoms with E-state index in [-0.39, 0.29) is 5.91 Å². The maximum atomic E-state index is 13.0. The van der Waals surface area contributed by atoms with Gasteiger partial charge in [0, 0.05) is 12.1 Å². The highest BCUT2D eigenvalue weighted by atomic mass is 16.2. The molecule has 0 saturated carbocycles. The zero-order chi connectivity index (χ0) is 15.8. The minimum atomic E-state index is -0.0706. The van der Waals surface area contributed by atoms with Crippen molar-refractivity contribution in [2.45, 2.75) is 20.0 Å². The standard InChI is InChI=1S/C18H16N4O/c1-2-22-17(11-19-20-22)18(23)21-12-13-7-3-4-8-14(13)15-9-5-6-10-16(15)21/h3-11H,2,12H2,1H3. The molecular formula is C18H16N4O. The number of aryl methyl sites for hydroxylation is 1. The Morgan fingerprint density at radius 3 is 2.65 bits per heavy atom. The van der Waals surface area contributed by atoms with Crippen molar-refractivity contribution >= 4 is 11.6 Å². The van der Waals surface area contributed by atoms with Gasteiger partial charge in [-0.05, 0) is 24.1 Å². The first kappa shape index (κ1) is 13.7. The molecule has 114 valence electrons. The second kappa shape index (κ2) is 5.35. The van der Waals surface area contributed by atoms with E-state index in [4.69, 9.17) is 0 Å². The summed E-state index contributed by atoms with van der Waals surface area (Å²) in [5.41, 5.74) is 4.87. The van der Waals surface area contributed by atoms with Crippen LogP contribution in [0.1, 0.15) is 23.0 Å². The average molecular weight is 304 g/mol. The normalized spacial score (nSPS) is 12.7. The van der Waals surface area contributed by atoms with Crippen molar-refractivity contribution in [2.75, 3.05) is 4.90 Å². The van der Waals surface area contributed by atoms with E-state index in [0.29, 0.717) is 18.8 Å². The average Bonchev–Trinajstić information content (AvgIpc) is 3.09. The molecule has 2 heterocycles. The van der Waals surface area contributed by atoms with Crippen LogP contribution in [0.3, 0.4) is 0 Å². The predicted octanol–water partition coefficient (Wildman–Crippen LogP) is 3.13. The van der Waals surface area contributed by atoms with E-state index >= 15 is 0 Å². The summed E-state index contributed by atoms with van der Waals surface area (Å²) in [7, 11) is 0. The Balaban J connectivity index is 1.84. The molecule has 3 aromatic rings. The lowest BCUT2D eigenvalue weighted by molar-refractivity contribution is 0.0974. The first-order valence-electron chi connectivity index (χ1n) is 7.67. The Morgan fingerprint density at radius 2 is 1.83 bits per heavy atom. The lowest BCUT2D eigenvalue weighted by atomic mass is 9.93. The Bertz CT molecular complexity index is 884.